The summed E-state index contributed by atoms with van der Waals surface area (Å²) in [4.78, 5) is 0. The Morgan fingerprint density at radius 1 is 1.00 bits per heavy atom. The van der Waals surface area contributed by atoms with Gasteiger partial charge in [0.1, 0.15) is 0 Å². The van der Waals surface area contributed by atoms with E-state index in [1.165, 1.54) is 5.56 Å². The van der Waals surface area contributed by atoms with Crippen molar-refractivity contribution in [3.05, 3.63) is 35.4 Å². The van der Waals surface area contributed by atoms with E-state index in [-0.39, 0.29) is 12.1 Å². The first-order valence-corrected chi connectivity index (χ1v) is 7.36. The number of hydrogen-bond acceptors (Lipinski definition) is 2. The number of rotatable bonds is 7. The molecular formula is C17H29NO. The van der Waals surface area contributed by atoms with E-state index in [0.717, 1.165) is 12.0 Å². The van der Waals surface area contributed by atoms with Crippen molar-refractivity contribution in [1.29, 1.82) is 0 Å². The summed E-state index contributed by atoms with van der Waals surface area (Å²) in [6.07, 6.45) is 1.38. The molecule has 0 aliphatic rings. The molecule has 108 valence electrons. The highest BCUT2D eigenvalue weighted by Crippen LogP contribution is 2.16. The zero-order chi connectivity index (χ0) is 14.4. The molecule has 0 heterocycles. The molecule has 0 saturated heterocycles. The van der Waals surface area contributed by atoms with Crippen LogP contribution in [0.1, 0.15) is 51.8 Å². The SMILES string of the molecule is CC(C)Cc1ccc(C(N)COC(C)C(C)C)cc1. The van der Waals surface area contributed by atoms with Gasteiger partial charge in [-0.3, -0.25) is 0 Å². The van der Waals surface area contributed by atoms with Crippen molar-refractivity contribution in [3.8, 4) is 0 Å². The van der Waals surface area contributed by atoms with Crippen LogP contribution in [0.15, 0.2) is 24.3 Å². The van der Waals surface area contributed by atoms with Gasteiger partial charge in [-0.1, -0.05) is 52.0 Å². The molecular weight excluding hydrogens is 234 g/mol. The molecule has 1 aromatic carbocycles. The fourth-order valence-electron chi connectivity index (χ4n) is 1.92. The van der Waals surface area contributed by atoms with Gasteiger partial charge >= 0.3 is 0 Å². The maximum Gasteiger partial charge on any atom is 0.0663 e. The van der Waals surface area contributed by atoms with Gasteiger partial charge in [-0.2, -0.15) is 0 Å². The van der Waals surface area contributed by atoms with Crippen LogP contribution in [0, 0.1) is 11.8 Å². The topological polar surface area (TPSA) is 35.2 Å². The molecule has 0 aliphatic carbocycles. The second-order valence-corrected chi connectivity index (χ2v) is 6.23. The van der Waals surface area contributed by atoms with E-state index in [1.807, 2.05) is 0 Å². The molecule has 2 atom stereocenters. The van der Waals surface area contributed by atoms with Crippen LogP contribution in [0.3, 0.4) is 0 Å². The summed E-state index contributed by atoms with van der Waals surface area (Å²) < 4.78 is 5.79. The zero-order valence-electron chi connectivity index (χ0n) is 13.0. The maximum absolute atomic E-state index is 6.17. The smallest absolute Gasteiger partial charge is 0.0663 e. The Balaban J connectivity index is 2.50. The molecule has 0 aliphatic heterocycles. The average molecular weight is 263 g/mol. The maximum atomic E-state index is 6.17. The van der Waals surface area contributed by atoms with Crippen molar-refractivity contribution in [3.63, 3.8) is 0 Å². The van der Waals surface area contributed by atoms with Crippen LogP contribution in [-0.4, -0.2) is 12.7 Å². The molecule has 0 aromatic heterocycles. The predicted molar refractivity (Wildman–Crippen MR) is 82.2 cm³/mol. The molecule has 2 heteroatoms. The number of ether oxygens (including phenoxy) is 1. The van der Waals surface area contributed by atoms with E-state index >= 15 is 0 Å². The van der Waals surface area contributed by atoms with Crippen molar-refractivity contribution in [2.24, 2.45) is 17.6 Å². The van der Waals surface area contributed by atoms with Gasteiger partial charge in [0.25, 0.3) is 0 Å². The fourth-order valence-corrected chi connectivity index (χ4v) is 1.92. The number of hydrogen-bond donors (Lipinski definition) is 1. The van der Waals surface area contributed by atoms with E-state index < -0.39 is 0 Å². The zero-order valence-corrected chi connectivity index (χ0v) is 13.0. The van der Waals surface area contributed by atoms with Gasteiger partial charge in [-0.15, -0.1) is 0 Å². The Hall–Kier alpha value is -0.860. The highest BCUT2D eigenvalue weighted by Gasteiger charge is 2.11. The lowest BCUT2D eigenvalue weighted by atomic mass is 10.00. The fraction of sp³-hybridized carbons (Fsp3) is 0.647. The Morgan fingerprint density at radius 2 is 1.58 bits per heavy atom. The van der Waals surface area contributed by atoms with Crippen molar-refractivity contribution in [2.75, 3.05) is 6.61 Å². The second-order valence-electron chi connectivity index (χ2n) is 6.23. The quantitative estimate of drug-likeness (QED) is 0.808. The standard InChI is InChI=1S/C17H29NO/c1-12(2)10-15-6-8-16(9-7-15)17(18)11-19-14(5)13(3)4/h6-9,12-14,17H,10-11,18H2,1-5H3. The van der Waals surface area contributed by atoms with Crippen LogP contribution in [0.5, 0.6) is 0 Å². The summed E-state index contributed by atoms with van der Waals surface area (Å²) in [6, 6.07) is 8.59. The average Bonchev–Trinajstić information content (AvgIpc) is 2.35. The molecule has 2 N–H and O–H groups in total. The summed E-state index contributed by atoms with van der Waals surface area (Å²) in [7, 11) is 0. The summed E-state index contributed by atoms with van der Waals surface area (Å²) in [5, 5.41) is 0. The predicted octanol–water partition coefficient (Wildman–Crippen LogP) is 3.95. The van der Waals surface area contributed by atoms with Crippen LogP contribution >= 0.6 is 0 Å². The molecule has 2 nitrogen and oxygen atoms in total. The Morgan fingerprint density at radius 3 is 2.05 bits per heavy atom. The van der Waals surface area contributed by atoms with E-state index in [2.05, 4.69) is 58.9 Å². The minimum atomic E-state index is -0.0331. The number of benzene rings is 1. The van der Waals surface area contributed by atoms with E-state index in [4.69, 9.17) is 10.5 Å². The Kier molecular flexibility index (Phi) is 6.53. The number of nitrogens with two attached hydrogens (primary N) is 1. The van der Waals surface area contributed by atoms with Gasteiger partial charge in [0.05, 0.1) is 18.8 Å². The van der Waals surface area contributed by atoms with Crippen LogP contribution in [0.25, 0.3) is 0 Å². The van der Waals surface area contributed by atoms with Crippen LogP contribution < -0.4 is 5.73 Å². The Labute approximate surface area is 118 Å². The minimum Gasteiger partial charge on any atom is -0.376 e. The summed E-state index contributed by atoms with van der Waals surface area (Å²) in [6.45, 7) is 11.5. The van der Waals surface area contributed by atoms with Crippen molar-refractivity contribution in [2.45, 2.75) is 53.2 Å². The minimum absolute atomic E-state index is 0.0331. The summed E-state index contributed by atoms with van der Waals surface area (Å²) >= 11 is 0. The first kappa shape index (κ1) is 16.2. The first-order chi connectivity index (χ1) is 8.90. The summed E-state index contributed by atoms with van der Waals surface area (Å²) in [5.41, 5.74) is 8.70. The van der Waals surface area contributed by atoms with Crippen molar-refractivity contribution < 1.29 is 4.74 Å². The summed E-state index contributed by atoms with van der Waals surface area (Å²) in [5.74, 6) is 1.22. The third-order valence-electron chi connectivity index (χ3n) is 3.53. The lowest BCUT2D eigenvalue weighted by Gasteiger charge is -2.20. The molecule has 0 spiro atoms. The van der Waals surface area contributed by atoms with Gasteiger partial charge < -0.3 is 10.5 Å². The van der Waals surface area contributed by atoms with Gasteiger partial charge in [0, 0.05) is 0 Å². The van der Waals surface area contributed by atoms with E-state index in [9.17, 15) is 0 Å². The van der Waals surface area contributed by atoms with Gasteiger partial charge in [-0.05, 0) is 36.3 Å². The van der Waals surface area contributed by atoms with Crippen molar-refractivity contribution in [1.82, 2.24) is 0 Å². The monoisotopic (exact) mass is 263 g/mol. The molecule has 1 aromatic rings. The van der Waals surface area contributed by atoms with Crippen LogP contribution in [-0.2, 0) is 11.2 Å². The highest BCUT2D eigenvalue weighted by atomic mass is 16.5. The van der Waals surface area contributed by atoms with Crippen LogP contribution in [0.2, 0.25) is 0 Å². The third-order valence-corrected chi connectivity index (χ3v) is 3.53. The molecule has 0 bridgehead atoms. The van der Waals surface area contributed by atoms with E-state index in [1.54, 1.807) is 0 Å². The first-order valence-electron chi connectivity index (χ1n) is 7.36. The molecule has 0 fully saturated rings. The largest absolute Gasteiger partial charge is 0.376 e. The molecule has 0 radical (unpaired) electrons. The van der Waals surface area contributed by atoms with Gasteiger partial charge in [0.15, 0.2) is 0 Å². The van der Waals surface area contributed by atoms with Gasteiger partial charge in [0.2, 0.25) is 0 Å². The normalized spacial score (nSPS) is 14.9. The van der Waals surface area contributed by atoms with E-state index in [0.29, 0.717) is 18.4 Å². The van der Waals surface area contributed by atoms with Gasteiger partial charge in [-0.25, -0.2) is 0 Å². The second kappa shape index (κ2) is 7.66. The molecule has 19 heavy (non-hydrogen) atoms. The van der Waals surface area contributed by atoms with Crippen molar-refractivity contribution >= 4 is 0 Å². The molecule has 1 rings (SSSR count). The molecule has 0 amide bonds. The Bertz CT molecular complexity index is 356. The third kappa shape index (κ3) is 5.75. The van der Waals surface area contributed by atoms with Crippen LogP contribution in [0.4, 0.5) is 0 Å². The lowest BCUT2D eigenvalue weighted by Crippen LogP contribution is -2.23. The molecule has 2 unspecified atom stereocenters. The molecule has 0 saturated carbocycles. The lowest BCUT2D eigenvalue weighted by molar-refractivity contribution is 0.0272. The highest BCUT2D eigenvalue weighted by molar-refractivity contribution is 5.25.